The number of nitrogens with zero attached hydrogens (tertiary/aromatic N) is 2. The largest absolute Gasteiger partial charge is 0.264 e. The van der Waals surface area contributed by atoms with Crippen LogP contribution in [0.3, 0.4) is 0 Å². The standard InChI is InChI=1S/C7H9N.C6H6BrN/c1-2-7-5-3-4-6-8-7;7-4-6-2-1-3-8-5-6/h3-6H,2H2,1H3;1-3,5H,4H2. The maximum Gasteiger partial charge on any atom is 0.0400 e. The molecule has 84 valence electrons. The minimum absolute atomic E-state index is 0.890. The molecule has 0 saturated carbocycles. The van der Waals surface area contributed by atoms with Gasteiger partial charge >= 0.3 is 0 Å². The SMILES string of the molecule is BrCc1cccnc1.CCc1ccccn1. The Morgan fingerprint density at radius 2 is 2.00 bits per heavy atom. The Bertz CT molecular complexity index is 336. The fraction of sp³-hybridized carbons (Fsp3) is 0.231. The van der Waals surface area contributed by atoms with E-state index < -0.39 is 0 Å². The van der Waals surface area contributed by atoms with Crippen LogP contribution >= 0.6 is 15.9 Å². The van der Waals surface area contributed by atoms with E-state index in [4.69, 9.17) is 0 Å². The summed E-state index contributed by atoms with van der Waals surface area (Å²) in [5, 5.41) is 0.890. The van der Waals surface area contributed by atoms with Crippen molar-refractivity contribution in [2.45, 2.75) is 18.7 Å². The Morgan fingerprint density at radius 1 is 1.12 bits per heavy atom. The van der Waals surface area contributed by atoms with Crippen molar-refractivity contribution in [3.63, 3.8) is 0 Å². The molecule has 0 spiro atoms. The molecule has 0 aromatic carbocycles. The van der Waals surface area contributed by atoms with Gasteiger partial charge < -0.3 is 0 Å². The van der Waals surface area contributed by atoms with Crippen molar-refractivity contribution in [2.75, 3.05) is 0 Å². The van der Waals surface area contributed by atoms with Crippen molar-refractivity contribution in [1.29, 1.82) is 0 Å². The van der Waals surface area contributed by atoms with Gasteiger partial charge in [0.2, 0.25) is 0 Å². The first-order valence-electron chi connectivity index (χ1n) is 5.21. The molecule has 16 heavy (non-hydrogen) atoms. The van der Waals surface area contributed by atoms with E-state index in [1.807, 2.05) is 42.7 Å². The van der Waals surface area contributed by atoms with Crippen LogP contribution in [0.4, 0.5) is 0 Å². The molecule has 0 bridgehead atoms. The molecule has 0 amide bonds. The lowest BCUT2D eigenvalue weighted by Gasteiger charge is -1.88. The van der Waals surface area contributed by atoms with Crippen LogP contribution in [0, 0.1) is 0 Å². The Hall–Kier alpha value is -1.22. The summed E-state index contributed by atoms with van der Waals surface area (Å²) in [6.07, 6.45) is 6.46. The average molecular weight is 279 g/mol. The van der Waals surface area contributed by atoms with Crippen LogP contribution < -0.4 is 0 Å². The zero-order valence-corrected chi connectivity index (χ0v) is 10.9. The first-order chi connectivity index (χ1) is 7.86. The lowest BCUT2D eigenvalue weighted by molar-refractivity contribution is 1.04. The third-order valence-corrected chi connectivity index (χ3v) is 2.61. The molecule has 2 aromatic rings. The first kappa shape index (κ1) is 12.8. The summed E-state index contributed by atoms with van der Waals surface area (Å²) < 4.78 is 0. The van der Waals surface area contributed by atoms with Gasteiger partial charge in [0.15, 0.2) is 0 Å². The Balaban J connectivity index is 0.000000160. The number of aromatic nitrogens is 2. The van der Waals surface area contributed by atoms with E-state index in [9.17, 15) is 0 Å². The van der Waals surface area contributed by atoms with Crippen LogP contribution in [0.2, 0.25) is 0 Å². The molecule has 0 unspecified atom stereocenters. The van der Waals surface area contributed by atoms with E-state index in [-0.39, 0.29) is 0 Å². The summed E-state index contributed by atoms with van der Waals surface area (Å²) in [4.78, 5) is 8.02. The fourth-order valence-electron chi connectivity index (χ4n) is 1.08. The van der Waals surface area contributed by atoms with Gasteiger partial charge in [-0.05, 0) is 30.2 Å². The summed E-state index contributed by atoms with van der Waals surface area (Å²) in [5.74, 6) is 0. The van der Waals surface area contributed by atoms with Crippen LogP contribution in [-0.4, -0.2) is 9.97 Å². The van der Waals surface area contributed by atoms with E-state index in [1.165, 1.54) is 5.56 Å². The van der Waals surface area contributed by atoms with Crippen molar-refractivity contribution in [2.24, 2.45) is 0 Å². The Kier molecular flexibility index (Phi) is 6.42. The quantitative estimate of drug-likeness (QED) is 0.785. The van der Waals surface area contributed by atoms with Crippen LogP contribution in [0.1, 0.15) is 18.2 Å². The predicted molar refractivity (Wildman–Crippen MR) is 70.5 cm³/mol. The average Bonchev–Trinajstić information content (AvgIpc) is 2.41. The second-order valence-corrected chi connectivity index (χ2v) is 3.73. The van der Waals surface area contributed by atoms with E-state index >= 15 is 0 Å². The molecule has 2 nitrogen and oxygen atoms in total. The van der Waals surface area contributed by atoms with Gasteiger partial charge in [-0.1, -0.05) is 35.0 Å². The van der Waals surface area contributed by atoms with Crippen LogP contribution in [0.25, 0.3) is 0 Å². The molecular weight excluding hydrogens is 264 g/mol. The van der Waals surface area contributed by atoms with E-state index in [2.05, 4.69) is 32.8 Å². The number of aryl methyl sites for hydroxylation is 1. The summed E-state index contributed by atoms with van der Waals surface area (Å²) in [6, 6.07) is 9.92. The number of rotatable bonds is 2. The molecule has 2 rings (SSSR count). The topological polar surface area (TPSA) is 25.8 Å². The van der Waals surface area contributed by atoms with E-state index in [0.717, 1.165) is 17.4 Å². The molecule has 0 radical (unpaired) electrons. The molecule has 2 aromatic heterocycles. The second-order valence-electron chi connectivity index (χ2n) is 3.17. The highest BCUT2D eigenvalue weighted by molar-refractivity contribution is 9.08. The smallest absolute Gasteiger partial charge is 0.0400 e. The highest BCUT2D eigenvalue weighted by Gasteiger charge is 1.82. The molecule has 0 saturated heterocycles. The molecule has 0 aliphatic carbocycles. The van der Waals surface area contributed by atoms with Gasteiger partial charge in [0.25, 0.3) is 0 Å². The molecule has 0 N–H and O–H groups in total. The van der Waals surface area contributed by atoms with Crippen molar-refractivity contribution in [1.82, 2.24) is 9.97 Å². The minimum Gasteiger partial charge on any atom is -0.264 e. The van der Waals surface area contributed by atoms with Crippen molar-refractivity contribution < 1.29 is 0 Å². The number of alkyl halides is 1. The molecule has 0 aliphatic heterocycles. The highest BCUT2D eigenvalue weighted by atomic mass is 79.9. The highest BCUT2D eigenvalue weighted by Crippen LogP contribution is 2.00. The summed E-state index contributed by atoms with van der Waals surface area (Å²) in [6.45, 7) is 2.10. The summed E-state index contributed by atoms with van der Waals surface area (Å²) >= 11 is 3.32. The van der Waals surface area contributed by atoms with Crippen LogP contribution in [-0.2, 0) is 11.8 Å². The van der Waals surface area contributed by atoms with Gasteiger partial charge in [-0.25, -0.2) is 0 Å². The molecule has 0 fully saturated rings. The minimum atomic E-state index is 0.890. The molecule has 2 heterocycles. The molecule has 0 aliphatic rings. The monoisotopic (exact) mass is 278 g/mol. The van der Waals surface area contributed by atoms with Crippen molar-refractivity contribution >= 4 is 15.9 Å². The number of hydrogen-bond acceptors (Lipinski definition) is 2. The van der Waals surface area contributed by atoms with Crippen molar-refractivity contribution in [3.05, 3.63) is 60.2 Å². The van der Waals surface area contributed by atoms with Crippen LogP contribution in [0.5, 0.6) is 0 Å². The Morgan fingerprint density at radius 3 is 2.38 bits per heavy atom. The van der Waals surface area contributed by atoms with E-state index in [0.29, 0.717) is 0 Å². The van der Waals surface area contributed by atoms with Crippen molar-refractivity contribution in [3.8, 4) is 0 Å². The van der Waals surface area contributed by atoms with Gasteiger partial charge in [0, 0.05) is 29.6 Å². The summed E-state index contributed by atoms with van der Waals surface area (Å²) in [5.41, 5.74) is 2.38. The van der Waals surface area contributed by atoms with Gasteiger partial charge in [-0.15, -0.1) is 0 Å². The number of halogens is 1. The maximum atomic E-state index is 4.10. The van der Waals surface area contributed by atoms with Gasteiger partial charge in [-0.2, -0.15) is 0 Å². The number of hydrogen-bond donors (Lipinski definition) is 0. The number of pyridine rings is 2. The Labute approximate surface area is 105 Å². The lowest BCUT2D eigenvalue weighted by Crippen LogP contribution is -1.81. The van der Waals surface area contributed by atoms with Gasteiger partial charge in [0.05, 0.1) is 0 Å². The molecular formula is C13H15BrN2. The van der Waals surface area contributed by atoms with Crippen LogP contribution in [0.15, 0.2) is 48.9 Å². The first-order valence-corrected chi connectivity index (χ1v) is 6.33. The summed E-state index contributed by atoms with van der Waals surface area (Å²) in [7, 11) is 0. The molecule has 3 heteroatoms. The normalized spacial score (nSPS) is 9.12. The lowest BCUT2D eigenvalue weighted by atomic mass is 10.3. The van der Waals surface area contributed by atoms with Gasteiger partial charge in [-0.3, -0.25) is 9.97 Å². The third-order valence-electron chi connectivity index (χ3n) is 1.97. The fourth-order valence-corrected chi connectivity index (χ4v) is 1.42. The zero-order chi connectivity index (χ0) is 11.6. The van der Waals surface area contributed by atoms with Gasteiger partial charge in [0.1, 0.15) is 0 Å². The third kappa shape index (κ3) is 5.03. The molecule has 0 atom stereocenters. The van der Waals surface area contributed by atoms with E-state index in [1.54, 1.807) is 6.20 Å². The second kappa shape index (κ2) is 7.99. The zero-order valence-electron chi connectivity index (χ0n) is 9.31. The maximum absolute atomic E-state index is 4.10. The predicted octanol–water partition coefficient (Wildman–Crippen LogP) is 3.62.